The first-order chi connectivity index (χ1) is 14.5. The number of benzene rings is 1. The summed E-state index contributed by atoms with van der Waals surface area (Å²) in [6, 6.07) is 6.38. The van der Waals surface area contributed by atoms with Gasteiger partial charge in [0.2, 0.25) is 11.8 Å². The Kier molecular flexibility index (Phi) is 6.43. The zero-order valence-corrected chi connectivity index (χ0v) is 17.6. The highest BCUT2D eigenvalue weighted by Crippen LogP contribution is 2.25. The Morgan fingerprint density at radius 3 is 2.47 bits per heavy atom. The molecular weight excluding hydrogens is 408 g/mol. The Balaban J connectivity index is 1.33. The van der Waals surface area contributed by atoms with Gasteiger partial charge in [-0.1, -0.05) is 11.6 Å². The first-order valence-corrected chi connectivity index (χ1v) is 10.9. The van der Waals surface area contributed by atoms with Crippen LogP contribution in [0.4, 0.5) is 10.5 Å². The molecule has 1 unspecified atom stereocenters. The average molecular weight is 435 g/mol. The molecule has 3 aliphatic heterocycles. The molecule has 0 spiro atoms. The number of piperidine rings is 1. The van der Waals surface area contributed by atoms with Crippen LogP contribution in [-0.2, 0) is 14.3 Å². The summed E-state index contributed by atoms with van der Waals surface area (Å²) in [6.45, 7) is 3.13. The summed E-state index contributed by atoms with van der Waals surface area (Å²) in [5.41, 5.74) is 0.651. The van der Waals surface area contributed by atoms with Gasteiger partial charge in [0.15, 0.2) is 0 Å². The largest absolute Gasteiger partial charge is 0.370 e. The molecule has 0 saturated carbocycles. The van der Waals surface area contributed by atoms with E-state index in [-0.39, 0.29) is 30.5 Å². The Labute approximate surface area is 181 Å². The third kappa shape index (κ3) is 4.54. The van der Waals surface area contributed by atoms with Crippen LogP contribution < -0.4 is 5.32 Å². The maximum atomic E-state index is 13.1. The van der Waals surface area contributed by atoms with E-state index in [0.29, 0.717) is 49.9 Å². The van der Waals surface area contributed by atoms with E-state index in [4.69, 9.17) is 16.3 Å². The summed E-state index contributed by atoms with van der Waals surface area (Å²) >= 11 is 5.89. The molecule has 1 atom stereocenters. The fraction of sp³-hybridized carbons (Fsp3) is 0.571. The quantitative estimate of drug-likeness (QED) is 0.790. The van der Waals surface area contributed by atoms with Crippen LogP contribution in [0.3, 0.4) is 0 Å². The number of amides is 4. The second-order valence-corrected chi connectivity index (χ2v) is 8.42. The van der Waals surface area contributed by atoms with Gasteiger partial charge in [0.05, 0.1) is 6.61 Å². The number of hydrogen-bond donors (Lipinski definition) is 1. The van der Waals surface area contributed by atoms with Crippen molar-refractivity contribution in [1.82, 2.24) is 14.7 Å². The van der Waals surface area contributed by atoms with E-state index in [1.54, 1.807) is 29.2 Å². The third-order valence-corrected chi connectivity index (χ3v) is 6.39. The summed E-state index contributed by atoms with van der Waals surface area (Å²) in [6.07, 6.45) is 3.01. The fourth-order valence-electron chi connectivity index (χ4n) is 4.52. The number of likely N-dealkylation sites (tertiary alicyclic amines) is 2. The van der Waals surface area contributed by atoms with Crippen LogP contribution in [0.15, 0.2) is 24.3 Å². The third-order valence-electron chi connectivity index (χ3n) is 6.13. The summed E-state index contributed by atoms with van der Waals surface area (Å²) in [5.74, 6) is 0.0392. The van der Waals surface area contributed by atoms with Crippen molar-refractivity contribution >= 4 is 35.1 Å². The van der Waals surface area contributed by atoms with Crippen molar-refractivity contribution in [1.29, 1.82) is 0 Å². The maximum absolute atomic E-state index is 13.1. The normalized spacial score (nSPS) is 23.0. The minimum Gasteiger partial charge on any atom is -0.370 e. The number of carbonyl (C=O) groups excluding carboxylic acids is 3. The number of carbonyl (C=O) groups is 3. The molecule has 0 bridgehead atoms. The number of nitrogens with one attached hydrogen (secondary N) is 1. The van der Waals surface area contributed by atoms with E-state index in [1.165, 1.54) is 0 Å². The van der Waals surface area contributed by atoms with E-state index in [1.807, 2.05) is 9.80 Å². The molecule has 9 heteroatoms. The predicted octanol–water partition coefficient (Wildman–Crippen LogP) is 2.19. The fourth-order valence-corrected chi connectivity index (χ4v) is 4.65. The van der Waals surface area contributed by atoms with Crippen LogP contribution in [0, 0.1) is 0 Å². The second-order valence-electron chi connectivity index (χ2n) is 7.98. The van der Waals surface area contributed by atoms with E-state index >= 15 is 0 Å². The molecule has 0 aromatic heterocycles. The van der Waals surface area contributed by atoms with Gasteiger partial charge in [-0.2, -0.15) is 0 Å². The van der Waals surface area contributed by atoms with Crippen molar-refractivity contribution in [3.63, 3.8) is 0 Å². The van der Waals surface area contributed by atoms with Gasteiger partial charge in [0.1, 0.15) is 12.6 Å². The van der Waals surface area contributed by atoms with Crippen LogP contribution in [0.25, 0.3) is 0 Å². The van der Waals surface area contributed by atoms with Crippen LogP contribution in [0.2, 0.25) is 5.02 Å². The number of nitrogens with zero attached hydrogens (tertiary/aromatic N) is 3. The zero-order chi connectivity index (χ0) is 21.1. The lowest BCUT2D eigenvalue weighted by Crippen LogP contribution is -2.55. The topological polar surface area (TPSA) is 82.2 Å². The standard InChI is InChI=1S/C21H27ClN4O4/c22-15-3-5-16(6-4-15)23-21(29)26-9-1-2-18(26)20(28)24-10-7-17(8-11-24)25-12-13-30-14-19(25)27/h3-6,17-18H,1-2,7-14H2,(H,23,29). The van der Waals surface area contributed by atoms with Gasteiger partial charge in [-0.05, 0) is 49.9 Å². The molecule has 3 saturated heterocycles. The molecule has 1 aromatic rings. The van der Waals surface area contributed by atoms with Gasteiger partial charge in [0, 0.05) is 42.9 Å². The van der Waals surface area contributed by atoms with Crippen molar-refractivity contribution in [2.24, 2.45) is 0 Å². The number of morpholine rings is 1. The Bertz CT molecular complexity index is 795. The molecule has 1 N–H and O–H groups in total. The molecule has 0 radical (unpaired) electrons. The Hall–Kier alpha value is -2.32. The first kappa shape index (κ1) is 20.9. The van der Waals surface area contributed by atoms with Gasteiger partial charge in [-0.3, -0.25) is 9.59 Å². The first-order valence-electron chi connectivity index (χ1n) is 10.5. The summed E-state index contributed by atoms with van der Waals surface area (Å²) in [5, 5.41) is 3.46. The molecule has 0 aliphatic carbocycles. The lowest BCUT2D eigenvalue weighted by molar-refractivity contribution is -0.147. The van der Waals surface area contributed by atoms with Crippen molar-refractivity contribution in [3.8, 4) is 0 Å². The van der Waals surface area contributed by atoms with Crippen LogP contribution in [-0.4, -0.2) is 84.0 Å². The second kappa shape index (κ2) is 9.22. The molecule has 8 nitrogen and oxygen atoms in total. The van der Waals surface area contributed by atoms with Crippen molar-refractivity contribution in [3.05, 3.63) is 29.3 Å². The maximum Gasteiger partial charge on any atom is 0.322 e. The average Bonchev–Trinajstić information content (AvgIpc) is 3.25. The monoisotopic (exact) mass is 434 g/mol. The highest BCUT2D eigenvalue weighted by Gasteiger charge is 2.38. The summed E-state index contributed by atoms with van der Waals surface area (Å²) in [7, 11) is 0. The number of anilines is 1. The smallest absolute Gasteiger partial charge is 0.322 e. The number of urea groups is 1. The number of ether oxygens (including phenoxy) is 1. The van der Waals surface area contributed by atoms with E-state index in [9.17, 15) is 14.4 Å². The summed E-state index contributed by atoms with van der Waals surface area (Å²) < 4.78 is 5.21. The van der Waals surface area contributed by atoms with Crippen LogP contribution >= 0.6 is 11.6 Å². The Morgan fingerprint density at radius 1 is 1.03 bits per heavy atom. The highest BCUT2D eigenvalue weighted by molar-refractivity contribution is 6.30. The van der Waals surface area contributed by atoms with Gasteiger partial charge in [-0.25, -0.2) is 4.79 Å². The predicted molar refractivity (Wildman–Crippen MR) is 112 cm³/mol. The van der Waals surface area contributed by atoms with Crippen molar-refractivity contribution in [2.45, 2.75) is 37.8 Å². The number of rotatable bonds is 3. The molecular formula is C21H27ClN4O4. The lowest BCUT2D eigenvalue weighted by atomic mass is 10.0. The lowest BCUT2D eigenvalue weighted by Gasteiger charge is -2.41. The molecule has 4 amide bonds. The minimum atomic E-state index is -0.432. The van der Waals surface area contributed by atoms with Gasteiger partial charge in [0.25, 0.3) is 0 Å². The molecule has 3 heterocycles. The van der Waals surface area contributed by atoms with Crippen molar-refractivity contribution < 1.29 is 19.1 Å². The van der Waals surface area contributed by atoms with Crippen LogP contribution in [0.5, 0.6) is 0 Å². The minimum absolute atomic E-state index is 0.00510. The number of hydrogen-bond acceptors (Lipinski definition) is 4. The van der Waals surface area contributed by atoms with Crippen molar-refractivity contribution in [2.75, 3.05) is 44.7 Å². The Morgan fingerprint density at radius 2 is 1.77 bits per heavy atom. The zero-order valence-electron chi connectivity index (χ0n) is 16.9. The molecule has 162 valence electrons. The SMILES string of the molecule is O=C(C1CCCN1C(=O)Nc1ccc(Cl)cc1)N1CCC(N2CCOCC2=O)CC1. The van der Waals surface area contributed by atoms with E-state index in [2.05, 4.69) is 5.32 Å². The molecule has 30 heavy (non-hydrogen) atoms. The van der Waals surface area contributed by atoms with E-state index in [0.717, 1.165) is 19.3 Å². The summed E-state index contributed by atoms with van der Waals surface area (Å²) in [4.78, 5) is 43.3. The van der Waals surface area contributed by atoms with Crippen LogP contribution in [0.1, 0.15) is 25.7 Å². The molecule has 4 rings (SSSR count). The highest BCUT2D eigenvalue weighted by atomic mass is 35.5. The number of halogens is 1. The van der Waals surface area contributed by atoms with E-state index < -0.39 is 6.04 Å². The molecule has 1 aromatic carbocycles. The molecule has 3 fully saturated rings. The van der Waals surface area contributed by atoms with Gasteiger partial charge < -0.3 is 24.8 Å². The van der Waals surface area contributed by atoms with Gasteiger partial charge >= 0.3 is 6.03 Å². The molecule has 3 aliphatic rings. The van der Waals surface area contributed by atoms with Gasteiger partial charge in [-0.15, -0.1) is 0 Å².